The molecular formula is C15H15N3O. The van der Waals surface area contributed by atoms with Crippen molar-refractivity contribution in [2.45, 2.75) is 13.1 Å². The maximum Gasteiger partial charge on any atom is 0.0947 e. The van der Waals surface area contributed by atoms with E-state index >= 15 is 0 Å². The molecule has 4 nitrogen and oxygen atoms in total. The molecule has 0 unspecified atom stereocenters. The van der Waals surface area contributed by atoms with Crippen LogP contribution in [-0.2, 0) is 13.1 Å². The summed E-state index contributed by atoms with van der Waals surface area (Å²) in [5.74, 6) is 0. The lowest BCUT2D eigenvalue weighted by Crippen LogP contribution is -2.14. The van der Waals surface area contributed by atoms with Crippen LogP contribution in [0.15, 0.2) is 65.7 Å². The van der Waals surface area contributed by atoms with Crippen molar-refractivity contribution in [2.24, 2.45) is 0 Å². The Bertz CT molecular complexity index is 615. The van der Waals surface area contributed by atoms with Gasteiger partial charge in [0.05, 0.1) is 18.2 Å². The van der Waals surface area contributed by atoms with Gasteiger partial charge in [-0.3, -0.25) is 0 Å². The summed E-state index contributed by atoms with van der Waals surface area (Å²) < 4.78 is 6.93. The molecule has 0 saturated carbocycles. The second-order valence-corrected chi connectivity index (χ2v) is 4.31. The zero-order chi connectivity index (χ0) is 12.9. The molecule has 0 radical (unpaired) electrons. The minimum absolute atomic E-state index is 0.793. The van der Waals surface area contributed by atoms with Crippen LogP contribution in [0.1, 0.15) is 11.1 Å². The molecule has 4 heteroatoms. The van der Waals surface area contributed by atoms with Crippen molar-refractivity contribution in [3.8, 4) is 5.69 Å². The summed E-state index contributed by atoms with van der Waals surface area (Å²) in [7, 11) is 0. The summed E-state index contributed by atoms with van der Waals surface area (Å²) in [6, 6.07) is 12.1. The van der Waals surface area contributed by atoms with Crippen molar-refractivity contribution in [3.05, 3.63) is 72.4 Å². The molecule has 0 saturated heterocycles. The average molecular weight is 253 g/mol. The Kier molecular flexibility index (Phi) is 3.42. The molecule has 96 valence electrons. The molecule has 0 aliphatic rings. The summed E-state index contributed by atoms with van der Waals surface area (Å²) >= 11 is 0. The fourth-order valence-electron chi connectivity index (χ4n) is 2.03. The third kappa shape index (κ3) is 2.74. The van der Waals surface area contributed by atoms with E-state index in [0.29, 0.717) is 0 Å². The van der Waals surface area contributed by atoms with E-state index in [1.807, 2.05) is 35.1 Å². The Morgan fingerprint density at radius 2 is 2.05 bits per heavy atom. The predicted molar refractivity (Wildman–Crippen MR) is 72.8 cm³/mol. The van der Waals surface area contributed by atoms with Crippen molar-refractivity contribution in [1.82, 2.24) is 15.1 Å². The first-order valence-electron chi connectivity index (χ1n) is 6.23. The van der Waals surface area contributed by atoms with E-state index in [4.69, 9.17) is 4.42 Å². The van der Waals surface area contributed by atoms with Crippen LogP contribution in [0.25, 0.3) is 5.69 Å². The van der Waals surface area contributed by atoms with Crippen LogP contribution in [0.3, 0.4) is 0 Å². The maximum atomic E-state index is 5.05. The first-order valence-corrected chi connectivity index (χ1v) is 6.23. The normalized spacial score (nSPS) is 10.7. The lowest BCUT2D eigenvalue weighted by molar-refractivity contribution is 0.560. The SMILES string of the molecule is c1ccc(-n2cccn2)c(CNCc2ccoc2)c1. The van der Waals surface area contributed by atoms with Gasteiger partial charge in [0.25, 0.3) is 0 Å². The second kappa shape index (κ2) is 5.54. The van der Waals surface area contributed by atoms with Gasteiger partial charge in [0, 0.05) is 31.0 Å². The number of hydrogen-bond acceptors (Lipinski definition) is 3. The van der Waals surface area contributed by atoms with Gasteiger partial charge in [0.1, 0.15) is 0 Å². The number of furan rings is 1. The van der Waals surface area contributed by atoms with Crippen LogP contribution >= 0.6 is 0 Å². The summed E-state index contributed by atoms with van der Waals surface area (Å²) in [6.07, 6.45) is 7.19. The number of rotatable bonds is 5. The zero-order valence-corrected chi connectivity index (χ0v) is 10.5. The topological polar surface area (TPSA) is 43.0 Å². The van der Waals surface area contributed by atoms with E-state index in [1.165, 1.54) is 5.56 Å². The molecule has 1 N–H and O–H groups in total. The van der Waals surface area contributed by atoms with Gasteiger partial charge in [-0.05, 0) is 23.8 Å². The summed E-state index contributed by atoms with van der Waals surface area (Å²) in [5, 5.41) is 7.68. The van der Waals surface area contributed by atoms with Gasteiger partial charge >= 0.3 is 0 Å². The van der Waals surface area contributed by atoms with E-state index in [9.17, 15) is 0 Å². The molecule has 3 aromatic rings. The molecule has 0 bridgehead atoms. The van der Waals surface area contributed by atoms with E-state index in [1.54, 1.807) is 18.7 Å². The van der Waals surface area contributed by atoms with E-state index in [2.05, 4.69) is 22.5 Å². The Morgan fingerprint density at radius 3 is 2.84 bits per heavy atom. The molecule has 1 aromatic carbocycles. The van der Waals surface area contributed by atoms with E-state index < -0.39 is 0 Å². The highest BCUT2D eigenvalue weighted by Gasteiger charge is 2.03. The third-order valence-electron chi connectivity index (χ3n) is 2.97. The number of nitrogens with one attached hydrogen (secondary N) is 1. The zero-order valence-electron chi connectivity index (χ0n) is 10.5. The Balaban J connectivity index is 1.71. The molecule has 3 rings (SSSR count). The maximum absolute atomic E-state index is 5.05. The monoisotopic (exact) mass is 253 g/mol. The van der Waals surface area contributed by atoms with Crippen molar-refractivity contribution in [1.29, 1.82) is 0 Å². The van der Waals surface area contributed by atoms with Crippen LogP contribution in [0, 0.1) is 0 Å². The number of nitrogens with zero attached hydrogens (tertiary/aromatic N) is 2. The summed E-state index contributed by atoms with van der Waals surface area (Å²) in [5.41, 5.74) is 3.47. The lowest BCUT2D eigenvalue weighted by atomic mass is 10.1. The number of hydrogen-bond donors (Lipinski definition) is 1. The van der Waals surface area contributed by atoms with Crippen LogP contribution in [0.2, 0.25) is 0 Å². The molecule has 0 fully saturated rings. The van der Waals surface area contributed by atoms with Crippen molar-refractivity contribution in [2.75, 3.05) is 0 Å². The van der Waals surface area contributed by atoms with Crippen LogP contribution in [0.4, 0.5) is 0 Å². The largest absolute Gasteiger partial charge is 0.472 e. The smallest absolute Gasteiger partial charge is 0.0947 e. The molecule has 0 aliphatic carbocycles. The molecule has 0 aliphatic heterocycles. The second-order valence-electron chi connectivity index (χ2n) is 4.31. The Hall–Kier alpha value is -2.33. The quantitative estimate of drug-likeness (QED) is 0.760. The van der Waals surface area contributed by atoms with Crippen molar-refractivity contribution >= 4 is 0 Å². The highest BCUT2D eigenvalue weighted by Crippen LogP contribution is 2.13. The number of aromatic nitrogens is 2. The van der Waals surface area contributed by atoms with Crippen LogP contribution < -0.4 is 5.32 Å². The fraction of sp³-hybridized carbons (Fsp3) is 0.133. The molecule has 2 heterocycles. The first kappa shape index (κ1) is 11.7. The van der Waals surface area contributed by atoms with Gasteiger partial charge in [-0.15, -0.1) is 0 Å². The molecule has 0 atom stereocenters. The van der Waals surface area contributed by atoms with Gasteiger partial charge in [0.15, 0.2) is 0 Å². The Morgan fingerprint density at radius 1 is 1.11 bits per heavy atom. The third-order valence-corrected chi connectivity index (χ3v) is 2.97. The minimum Gasteiger partial charge on any atom is -0.472 e. The number of para-hydroxylation sites is 1. The van der Waals surface area contributed by atoms with E-state index in [0.717, 1.165) is 24.3 Å². The summed E-state index contributed by atoms with van der Waals surface area (Å²) in [4.78, 5) is 0. The number of benzene rings is 1. The molecular weight excluding hydrogens is 238 g/mol. The van der Waals surface area contributed by atoms with Gasteiger partial charge in [-0.1, -0.05) is 18.2 Å². The average Bonchev–Trinajstić information content (AvgIpc) is 3.12. The first-order chi connectivity index (χ1) is 9.43. The molecule has 2 aromatic heterocycles. The Labute approximate surface area is 111 Å². The highest BCUT2D eigenvalue weighted by atomic mass is 16.3. The van der Waals surface area contributed by atoms with E-state index in [-0.39, 0.29) is 0 Å². The van der Waals surface area contributed by atoms with Crippen LogP contribution in [-0.4, -0.2) is 9.78 Å². The van der Waals surface area contributed by atoms with Gasteiger partial charge in [0.2, 0.25) is 0 Å². The van der Waals surface area contributed by atoms with Gasteiger partial charge in [-0.2, -0.15) is 5.10 Å². The lowest BCUT2D eigenvalue weighted by Gasteiger charge is -2.10. The fourth-order valence-corrected chi connectivity index (χ4v) is 2.03. The molecule has 0 amide bonds. The van der Waals surface area contributed by atoms with Crippen LogP contribution in [0.5, 0.6) is 0 Å². The minimum atomic E-state index is 0.793. The van der Waals surface area contributed by atoms with Crippen molar-refractivity contribution < 1.29 is 4.42 Å². The summed E-state index contributed by atoms with van der Waals surface area (Å²) in [6.45, 7) is 1.59. The standard InChI is InChI=1S/C15H15N3O/c1-2-5-15(18-8-3-7-17-18)14(4-1)11-16-10-13-6-9-19-12-13/h1-9,12,16H,10-11H2. The molecule has 0 spiro atoms. The van der Waals surface area contributed by atoms with Gasteiger partial charge < -0.3 is 9.73 Å². The molecule has 19 heavy (non-hydrogen) atoms. The van der Waals surface area contributed by atoms with Gasteiger partial charge in [-0.25, -0.2) is 4.68 Å². The van der Waals surface area contributed by atoms with Crippen molar-refractivity contribution in [3.63, 3.8) is 0 Å². The predicted octanol–water partition coefficient (Wildman–Crippen LogP) is 2.76. The highest BCUT2D eigenvalue weighted by molar-refractivity contribution is 5.40.